The number of amides is 1. The van der Waals surface area contributed by atoms with Gasteiger partial charge >= 0.3 is 0 Å². The highest BCUT2D eigenvalue weighted by molar-refractivity contribution is 8.01. The third-order valence-corrected chi connectivity index (χ3v) is 4.45. The van der Waals surface area contributed by atoms with Gasteiger partial charge < -0.3 is 4.90 Å². The Morgan fingerprint density at radius 1 is 1.62 bits per heavy atom. The van der Waals surface area contributed by atoms with Crippen LogP contribution in [0.1, 0.15) is 13.8 Å². The number of thiocarbonyl (C=S) groups is 1. The van der Waals surface area contributed by atoms with Gasteiger partial charge in [0.25, 0.3) is 5.91 Å². The van der Waals surface area contributed by atoms with Crippen LogP contribution in [-0.4, -0.2) is 44.5 Å². The third-order valence-electron chi connectivity index (χ3n) is 2.59. The second-order valence-electron chi connectivity index (χ2n) is 3.82. The first-order valence-corrected chi connectivity index (χ1v) is 5.59. The lowest BCUT2D eigenvalue weighted by molar-refractivity contribution is -0.126. The average Bonchev–Trinajstić information content (AvgIpc) is 2.46. The highest BCUT2D eigenvalue weighted by Gasteiger charge is 2.52. The molecule has 3 nitrogen and oxygen atoms in total. The van der Waals surface area contributed by atoms with Crippen LogP contribution in [0.15, 0.2) is 0 Å². The Labute approximate surface area is 87.4 Å². The number of hydrogen-bond acceptors (Lipinski definition) is 3. The predicted molar refractivity (Wildman–Crippen MR) is 57.5 cm³/mol. The highest BCUT2D eigenvalue weighted by Crippen LogP contribution is 2.42. The smallest absolute Gasteiger partial charge is 0.252 e. The lowest BCUT2D eigenvalue weighted by Gasteiger charge is -2.30. The number of carbonyl (C=O) groups is 1. The lowest BCUT2D eigenvalue weighted by Crippen LogP contribution is -2.42. The summed E-state index contributed by atoms with van der Waals surface area (Å²) in [6.45, 7) is 4.22. The first-order valence-electron chi connectivity index (χ1n) is 4.20. The fourth-order valence-electron chi connectivity index (χ4n) is 1.83. The zero-order chi connectivity index (χ0) is 9.80. The minimum atomic E-state index is -0.0256. The average molecular weight is 216 g/mol. The van der Waals surface area contributed by atoms with Crippen LogP contribution in [0, 0.1) is 0 Å². The lowest BCUT2D eigenvalue weighted by atomic mass is 10.2. The van der Waals surface area contributed by atoms with E-state index in [1.807, 2.05) is 0 Å². The summed E-state index contributed by atoms with van der Waals surface area (Å²) >= 11 is 7.02. The van der Waals surface area contributed by atoms with Crippen LogP contribution in [0.2, 0.25) is 0 Å². The molecule has 0 aromatic rings. The van der Waals surface area contributed by atoms with Gasteiger partial charge in [0, 0.05) is 12.8 Å². The van der Waals surface area contributed by atoms with Crippen LogP contribution >= 0.6 is 24.0 Å². The van der Waals surface area contributed by atoms with Crippen molar-refractivity contribution < 1.29 is 4.79 Å². The maximum atomic E-state index is 11.7. The quantitative estimate of drug-likeness (QED) is 0.561. The molecule has 1 amide bonds. The predicted octanol–water partition coefficient (Wildman–Crippen LogP) is 0.897. The Morgan fingerprint density at radius 2 is 2.23 bits per heavy atom. The van der Waals surface area contributed by atoms with Gasteiger partial charge in [0.2, 0.25) is 0 Å². The Kier molecular flexibility index (Phi) is 1.86. The van der Waals surface area contributed by atoms with Gasteiger partial charge in [-0.05, 0) is 26.1 Å². The Morgan fingerprint density at radius 3 is 2.77 bits per heavy atom. The summed E-state index contributed by atoms with van der Waals surface area (Å²) in [5.41, 5.74) is 0. The largest absolute Gasteiger partial charge is 0.322 e. The molecule has 1 atom stereocenters. The van der Waals surface area contributed by atoms with E-state index in [4.69, 9.17) is 12.2 Å². The number of fused-ring (bicyclic) bond motifs is 1. The van der Waals surface area contributed by atoms with Crippen molar-refractivity contribution in [3.8, 4) is 0 Å². The van der Waals surface area contributed by atoms with Crippen molar-refractivity contribution in [2.75, 3.05) is 12.8 Å². The molecule has 0 radical (unpaired) electrons. The van der Waals surface area contributed by atoms with Gasteiger partial charge in [-0.1, -0.05) is 0 Å². The molecule has 0 bridgehead atoms. The van der Waals surface area contributed by atoms with E-state index in [1.165, 1.54) is 0 Å². The molecular weight excluding hydrogens is 204 g/mol. The van der Waals surface area contributed by atoms with E-state index < -0.39 is 0 Å². The molecule has 0 saturated carbocycles. The molecule has 2 saturated heterocycles. The van der Waals surface area contributed by atoms with Crippen molar-refractivity contribution in [2.24, 2.45) is 0 Å². The molecular formula is C8H12N2OS2. The van der Waals surface area contributed by atoms with Crippen LogP contribution in [-0.2, 0) is 4.79 Å². The van der Waals surface area contributed by atoms with Gasteiger partial charge in [0.05, 0.1) is 4.87 Å². The van der Waals surface area contributed by atoms with Gasteiger partial charge in [0.15, 0.2) is 5.11 Å². The maximum Gasteiger partial charge on any atom is 0.252 e. The van der Waals surface area contributed by atoms with E-state index in [-0.39, 0.29) is 16.8 Å². The summed E-state index contributed by atoms with van der Waals surface area (Å²) in [5.74, 6) is 0.999. The van der Waals surface area contributed by atoms with Crippen molar-refractivity contribution in [2.45, 2.75) is 24.8 Å². The van der Waals surface area contributed by atoms with Gasteiger partial charge in [-0.15, -0.1) is 11.8 Å². The molecule has 0 spiro atoms. The van der Waals surface area contributed by atoms with E-state index in [0.717, 1.165) is 5.75 Å². The topological polar surface area (TPSA) is 23.6 Å². The van der Waals surface area contributed by atoms with Crippen LogP contribution in [0.25, 0.3) is 0 Å². The second kappa shape index (κ2) is 2.60. The van der Waals surface area contributed by atoms with Crippen LogP contribution in [0.3, 0.4) is 0 Å². The molecule has 2 heterocycles. The van der Waals surface area contributed by atoms with Gasteiger partial charge in [-0.25, -0.2) is 0 Å². The van der Waals surface area contributed by atoms with Crippen LogP contribution < -0.4 is 0 Å². The summed E-state index contributed by atoms with van der Waals surface area (Å²) in [4.78, 5) is 15.3. The molecule has 1 unspecified atom stereocenters. The number of hydrogen-bond donors (Lipinski definition) is 0. The van der Waals surface area contributed by atoms with Crippen molar-refractivity contribution >= 4 is 35.0 Å². The number of thioether (sulfide) groups is 1. The van der Waals surface area contributed by atoms with Crippen molar-refractivity contribution in [1.82, 2.24) is 9.80 Å². The summed E-state index contributed by atoms with van der Waals surface area (Å²) in [6, 6.07) is -0.0162. The van der Waals surface area contributed by atoms with Crippen LogP contribution in [0.4, 0.5) is 0 Å². The Hall–Kier alpha value is -0.290. The zero-order valence-corrected chi connectivity index (χ0v) is 9.54. The monoisotopic (exact) mass is 216 g/mol. The van der Waals surface area contributed by atoms with Gasteiger partial charge in [-0.3, -0.25) is 9.69 Å². The molecule has 0 aromatic carbocycles. The molecule has 0 aromatic heterocycles. The summed E-state index contributed by atoms with van der Waals surface area (Å²) in [6.07, 6.45) is 0. The highest BCUT2D eigenvalue weighted by atomic mass is 32.2. The third kappa shape index (κ3) is 1.10. The van der Waals surface area contributed by atoms with Crippen molar-refractivity contribution in [3.05, 3.63) is 0 Å². The normalized spacial score (nSPS) is 31.5. The molecule has 72 valence electrons. The number of carbonyl (C=O) groups excluding carboxylic acids is 1. The molecule has 13 heavy (non-hydrogen) atoms. The fraction of sp³-hybridized carbons (Fsp3) is 0.750. The minimum Gasteiger partial charge on any atom is -0.322 e. The summed E-state index contributed by atoms with van der Waals surface area (Å²) in [7, 11) is 1.75. The van der Waals surface area contributed by atoms with E-state index in [9.17, 15) is 4.79 Å². The first kappa shape index (κ1) is 9.27. The van der Waals surface area contributed by atoms with E-state index in [2.05, 4.69) is 18.7 Å². The van der Waals surface area contributed by atoms with Crippen molar-refractivity contribution in [1.29, 1.82) is 0 Å². The number of rotatable bonds is 0. The summed E-state index contributed by atoms with van der Waals surface area (Å²) in [5, 5.41) is 0.671. The van der Waals surface area contributed by atoms with Crippen LogP contribution in [0.5, 0.6) is 0 Å². The maximum absolute atomic E-state index is 11.7. The second-order valence-corrected chi connectivity index (χ2v) is 5.81. The SMILES string of the molecule is CN1C(=O)C2CSC(C)(C)N2C1=S. The minimum absolute atomic E-state index is 0.0162. The molecule has 2 aliphatic heterocycles. The van der Waals surface area contributed by atoms with Crippen molar-refractivity contribution in [3.63, 3.8) is 0 Å². The Balaban J connectivity index is 2.38. The molecule has 2 aliphatic rings. The molecule has 0 N–H and O–H groups in total. The van der Waals surface area contributed by atoms with E-state index in [0.29, 0.717) is 5.11 Å². The van der Waals surface area contributed by atoms with Gasteiger partial charge in [-0.2, -0.15) is 0 Å². The van der Waals surface area contributed by atoms with E-state index in [1.54, 1.807) is 23.7 Å². The molecule has 2 fully saturated rings. The molecule has 0 aliphatic carbocycles. The fourth-order valence-corrected chi connectivity index (χ4v) is 3.54. The molecule has 2 rings (SSSR count). The first-order chi connectivity index (χ1) is 5.95. The summed E-state index contributed by atoms with van der Waals surface area (Å²) < 4.78 is 0. The van der Waals surface area contributed by atoms with E-state index >= 15 is 0 Å². The standard InChI is InChI=1S/C8H12N2OS2/c1-8(2)10-5(4-13-8)6(11)9(3)7(10)12/h5H,4H2,1-3H3. The molecule has 5 heteroatoms. The zero-order valence-electron chi connectivity index (χ0n) is 7.90. The number of likely N-dealkylation sites (N-methyl/N-ethyl adjacent to an activating group) is 1. The Bertz CT molecular complexity index is 290. The van der Waals surface area contributed by atoms with Gasteiger partial charge in [0.1, 0.15) is 6.04 Å². The number of nitrogens with zero attached hydrogens (tertiary/aromatic N) is 2.